The summed E-state index contributed by atoms with van der Waals surface area (Å²) >= 11 is 1.60. The minimum absolute atomic E-state index is 0.0791. The highest BCUT2D eigenvalue weighted by Crippen LogP contribution is 2.35. The molecule has 3 aromatic rings. The summed E-state index contributed by atoms with van der Waals surface area (Å²) in [5.74, 6) is -1.04. The molecule has 2 aliphatic rings. The number of benzene rings is 2. The Balaban J connectivity index is 1.23. The molecular weight excluding hydrogens is 410 g/mol. The number of thiazole rings is 1. The zero-order chi connectivity index (χ0) is 21.4. The summed E-state index contributed by atoms with van der Waals surface area (Å²) in [6.07, 6.45) is 5.21. The lowest BCUT2D eigenvalue weighted by Gasteiger charge is -2.14. The van der Waals surface area contributed by atoms with Crippen LogP contribution in [-0.4, -0.2) is 34.2 Å². The molecule has 156 valence electrons. The molecule has 1 N–H and O–H groups in total. The molecule has 1 saturated heterocycles. The van der Waals surface area contributed by atoms with E-state index in [1.807, 2.05) is 60.7 Å². The predicted molar refractivity (Wildman–Crippen MR) is 120 cm³/mol. The first-order valence-corrected chi connectivity index (χ1v) is 11.2. The maximum atomic E-state index is 12.5. The van der Waals surface area contributed by atoms with Crippen LogP contribution in [0.3, 0.4) is 0 Å². The fourth-order valence-electron chi connectivity index (χ4n) is 4.25. The fourth-order valence-corrected chi connectivity index (χ4v) is 5.21. The number of amides is 3. The molecule has 2 atom stereocenters. The lowest BCUT2D eigenvalue weighted by Crippen LogP contribution is -2.34. The molecule has 0 bridgehead atoms. The summed E-state index contributed by atoms with van der Waals surface area (Å²) in [4.78, 5) is 43.5. The number of allylic oxidation sites excluding steroid dienone is 2. The Morgan fingerprint density at radius 1 is 1.03 bits per heavy atom. The zero-order valence-corrected chi connectivity index (χ0v) is 17.6. The molecule has 0 saturated carbocycles. The third-order valence-corrected chi connectivity index (χ3v) is 6.93. The van der Waals surface area contributed by atoms with Crippen LogP contribution in [0.4, 0.5) is 5.69 Å². The average Bonchev–Trinajstić information content (AvgIpc) is 3.33. The van der Waals surface area contributed by atoms with Crippen molar-refractivity contribution in [1.29, 1.82) is 0 Å². The smallest absolute Gasteiger partial charge is 0.233 e. The van der Waals surface area contributed by atoms with Gasteiger partial charge in [0.1, 0.15) is 5.01 Å². The van der Waals surface area contributed by atoms with Gasteiger partial charge in [0, 0.05) is 24.2 Å². The number of rotatable bonds is 5. The number of anilines is 1. The number of carbonyl (C=O) groups excluding carboxylic acids is 3. The Labute approximate surface area is 183 Å². The van der Waals surface area contributed by atoms with E-state index < -0.39 is 0 Å². The molecule has 6 nitrogen and oxygen atoms in total. The predicted octanol–water partition coefficient (Wildman–Crippen LogP) is 4.24. The number of imide groups is 1. The van der Waals surface area contributed by atoms with Gasteiger partial charge in [0.15, 0.2) is 0 Å². The molecule has 1 aliphatic heterocycles. The molecule has 3 amide bonds. The maximum Gasteiger partial charge on any atom is 0.233 e. The Kier molecular flexibility index (Phi) is 5.11. The largest absolute Gasteiger partial charge is 0.326 e. The third kappa shape index (κ3) is 3.77. The van der Waals surface area contributed by atoms with Gasteiger partial charge in [-0.2, -0.15) is 0 Å². The zero-order valence-electron chi connectivity index (χ0n) is 16.8. The Morgan fingerprint density at radius 3 is 2.52 bits per heavy atom. The maximum absolute atomic E-state index is 12.5. The normalized spacial score (nSPS) is 20.3. The lowest BCUT2D eigenvalue weighted by atomic mass is 9.85. The number of likely N-dealkylation sites (tertiary alicyclic amines) is 1. The van der Waals surface area contributed by atoms with Gasteiger partial charge in [-0.05, 0) is 37.1 Å². The molecule has 1 aliphatic carbocycles. The van der Waals surface area contributed by atoms with Gasteiger partial charge in [-0.15, -0.1) is 11.3 Å². The lowest BCUT2D eigenvalue weighted by molar-refractivity contribution is -0.140. The first-order chi connectivity index (χ1) is 15.1. The fraction of sp³-hybridized carbons (Fsp3) is 0.250. The van der Waals surface area contributed by atoms with E-state index in [1.54, 1.807) is 11.3 Å². The second-order valence-corrected chi connectivity index (χ2v) is 8.88. The van der Waals surface area contributed by atoms with Gasteiger partial charge in [0.05, 0.1) is 22.1 Å². The minimum atomic E-state index is -0.258. The summed E-state index contributed by atoms with van der Waals surface area (Å²) in [6.45, 7) is 0.119. The SMILES string of the molecule is O=C(CCN1C(=O)[C@H]2CC=CC[C@H]2C1=O)Nc1cccc(-c2nc3ccccc3s2)c1. The van der Waals surface area contributed by atoms with E-state index in [4.69, 9.17) is 0 Å². The molecular formula is C24H21N3O3S. The number of hydrogen-bond acceptors (Lipinski definition) is 5. The Morgan fingerprint density at radius 2 is 1.77 bits per heavy atom. The van der Waals surface area contributed by atoms with Gasteiger partial charge in [0.2, 0.25) is 17.7 Å². The van der Waals surface area contributed by atoms with Crippen LogP contribution >= 0.6 is 11.3 Å². The van der Waals surface area contributed by atoms with Crippen LogP contribution in [0, 0.1) is 11.8 Å². The second kappa shape index (κ2) is 8.07. The van der Waals surface area contributed by atoms with E-state index in [-0.39, 0.29) is 42.5 Å². The number of carbonyl (C=O) groups is 3. The molecule has 7 heteroatoms. The van der Waals surface area contributed by atoms with E-state index in [0.29, 0.717) is 18.5 Å². The molecule has 1 aromatic heterocycles. The van der Waals surface area contributed by atoms with Crippen molar-refractivity contribution in [2.45, 2.75) is 19.3 Å². The van der Waals surface area contributed by atoms with Crippen molar-refractivity contribution in [2.24, 2.45) is 11.8 Å². The van der Waals surface area contributed by atoms with Crippen molar-refractivity contribution in [3.63, 3.8) is 0 Å². The molecule has 0 unspecified atom stereocenters. The van der Waals surface area contributed by atoms with Crippen molar-refractivity contribution in [3.8, 4) is 10.6 Å². The number of aromatic nitrogens is 1. The van der Waals surface area contributed by atoms with Gasteiger partial charge in [-0.3, -0.25) is 19.3 Å². The monoisotopic (exact) mass is 431 g/mol. The number of hydrogen-bond donors (Lipinski definition) is 1. The second-order valence-electron chi connectivity index (χ2n) is 7.85. The number of para-hydroxylation sites is 1. The molecule has 2 heterocycles. The summed E-state index contributed by atoms with van der Waals surface area (Å²) in [6, 6.07) is 15.5. The van der Waals surface area contributed by atoms with Crippen LogP contribution in [0.5, 0.6) is 0 Å². The van der Waals surface area contributed by atoms with E-state index in [1.165, 1.54) is 4.90 Å². The van der Waals surface area contributed by atoms with Crippen LogP contribution in [0.15, 0.2) is 60.7 Å². The van der Waals surface area contributed by atoms with Crippen LogP contribution in [0.1, 0.15) is 19.3 Å². The van der Waals surface area contributed by atoms with Gasteiger partial charge < -0.3 is 5.32 Å². The Bertz CT molecular complexity index is 1160. The van der Waals surface area contributed by atoms with Gasteiger partial charge >= 0.3 is 0 Å². The molecule has 0 radical (unpaired) electrons. The van der Waals surface area contributed by atoms with Crippen molar-refractivity contribution in [3.05, 3.63) is 60.7 Å². The van der Waals surface area contributed by atoms with E-state index in [0.717, 1.165) is 20.8 Å². The number of nitrogens with zero attached hydrogens (tertiary/aromatic N) is 2. The van der Waals surface area contributed by atoms with E-state index in [2.05, 4.69) is 10.3 Å². The van der Waals surface area contributed by atoms with Crippen molar-refractivity contribution in [2.75, 3.05) is 11.9 Å². The van der Waals surface area contributed by atoms with Crippen molar-refractivity contribution >= 4 is 45.0 Å². The highest BCUT2D eigenvalue weighted by molar-refractivity contribution is 7.21. The quantitative estimate of drug-likeness (QED) is 0.484. The van der Waals surface area contributed by atoms with Crippen LogP contribution in [-0.2, 0) is 14.4 Å². The summed E-state index contributed by atoms with van der Waals surface area (Å²) < 4.78 is 1.11. The highest BCUT2D eigenvalue weighted by Gasteiger charge is 2.46. The highest BCUT2D eigenvalue weighted by atomic mass is 32.1. The summed E-state index contributed by atoms with van der Waals surface area (Å²) in [5, 5.41) is 3.77. The van der Waals surface area contributed by atoms with Crippen LogP contribution < -0.4 is 5.32 Å². The molecule has 1 fully saturated rings. The standard InChI is InChI=1S/C24H21N3O3S/c28-21(12-13-27-23(29)17-8-1-2-9-18(17)24(27)30)25-16-7-5-6-15(14-16)22-26-19-10-3-4-11-20(19)31-22/h1-7,10-11,14,17-18H,8-9,12-13H2,(H,25,28)/t17-,18+. The van der Waals surface area contributed by atoms with Gasteiger partial charge in [0.25, 0.3) is 0 Å². The van der Waals surface area contributed by atoms with E-state index in [9.17, 15) is 14.4 Å². The van der Waals surface area contributed by atoms with Gasteiger partial charge in [-0.25, -0.2) is 4.98 Å². The molecule has 2 aromatic carbocycles. The van der Waals surface area contributed by atoms with E-state index >= 15 is 0 Å². The van der Waals surface area contributed by atoms with Crippen molar-refractivity contribution < 1.29 is 14.4 Å². The average molecular weight is 432 g/mol. The number of fused-ring (bicyclic) bond motifs is 2. The summed E-state index contributed by atoms with van der Waals surface area (Å²) in [7, 11) is 0. The topological polar surface area (TPSA) is 79.4 Å². The third-order valence-electron chi connectivity index (χ3n) is 5.85. The van der Waals surface area contributed by atoms with Gasteiger partial charge in [-0.1, -0.05) is 36.4 Å². The molecule has 5 rings (SSSR count). The number of nitrogens with one attached hydrogen (secondary N) is 1. The first-order valence-electron chi connectivity index (χ1n) is 10.4. The molecule has 31 heavy (non-hydrogen) atoms. The van der Waals surface area contributed by atoms with Crippen LogP contribution in [0.2, 0.25) is 0 Å². The van der Waals surface area contributed by atoms with Crippen molar-refractivity contribution in [1.82, 2.24) is 9.88 Å². The van der Waals surface area contributed by atoms with Crippen LogP contribution in [0.25, 0.3) is 20.8 Å². The Hall–Kier alpha value is -3.32. The molecule has 0 spiro atoms. The minimum Gasteiger partial charge on any atom is -0.326 e. The summed E-state index contributed by atoms with van der Waals surface area (Å²) in [5.41, 5.74) is 2.55. The first kappa shape index (κ1) is 19.6.